The Morgan fingerprint density at radius 1 is 0.914 bits per heavy atom. The van der Waals surface area contributed by atoms with Crippen molar-refractivity contribution in [2.75, 3.05) is 6.61 Å². The third kappa shape index (κ3) is 11.6. The summed E-state index contributed by atoms with van der Waals surface area (Å²) in [5, 5.41) is 0. The molecule has 2 aromatic rings. The first-order valence-corrected chi connectivity index (χ1v) is 15.8. The number of hydrogen-bond donors (Lipinski definition) is 0. The van der Waals surface area contributed by atoms with Crippen LogP contribution in [0.25, 0.3) is 11.3 Å². The summed E-state index contributed by atoms with van der Waals surface area (Å²) in [5.74, 6) is 3.93. The van der Waals surface area contributed by atoms with Gasteiger partial charge in [-0.1, -0.05) is 91.4 Å². The number of ether oxygens (including phenoxy) is 1. The molecule has 0 bridgehead atoms. The maximum Gasteiger partial charge on any atom is 0.221 e. The summed E-state index contributed by atoms with van der Waals surface area (Å²) in [5.41, 5.74) is 1.73. The molecule has 0 N–H and O–H groups in total. The fourth-order valence-corrected chi connectivity index (χ4v) is 5.58. The molecule has 0 amide bonds. The Morgan fingerprint density at radius 2 is 1.74 bits per heavy atom. The zero-order valence-electron chi connectivity index (χ0n) is 22.4. The fraction of sp³-hybridized carbons (Fsp3) is 0.690. The van der Waals surface area contributed by atoms with Crippen LogP contribution in [0.1, 0.15) is 97.8 Å². The van der Waals surface area contributed by atoms with Crippen molar-refractivity contribution in [2.45, 2.75) is 104 Å². The Kier molecular flexibility index (Phi) is 12.6. The number of nitrogens with zero attached hydrogens (tertiary/aromatic N) is 3. The molecule has 3 rings (SSSR count). The van der Waals surface area contributed by atoms with Crippen LogP contribution in [-0.2, 0) is 0 Å². The monoisotopic (exact) mass is 497 g/mol. The minimum atomic E-state index is -0.655. The van der Waals surface area contributed by atoms with Crippen LogP contribution in [0.2, 0.25) is 6.04 Å². The molecule has 2 atom stereocenters. The maximum absolute atomic E-state index is 6.06. The lowest BCUT2D eigenvalue weighted by molar-refractivity contribution is 0.293. The molecule has 0 saturated heterocycles. The summed E-state index contributed by atoms with van der Waals surface area (Å²) in [6.07, 6.45) is 21.4. The highest BCUT2D eigenvalue weighted by molar-refractivity contribution is 6.28. The SMILES string of the molecule is CCCCC(C)CCC(C)C[SiH2]Oc1cncc(-c2ccc(OCCCCCCC3CC3)nc2)n1. The van der Waals surface area contributed by atoms with Crippen LogP contribution in [0.3, 0.4) is 0 Å². The highest BCUT2D eigenvalue weighted by Crippen LogP contribution is 2.34. The number of unbranched alkanes of at least 4 members (excludes halogenated alkanes) is 4. The van der Waals surface area contributed by atoms with Crippen LogP contribution >= 0.6 is 0 Å². The lowest BCUT2D eigenvalue weighted by Gasteiger charge is -2.15. The minimum Gasteiger partial charge on any atom is -0.535 e. The Morgan fingerprint density at radius 3 is 2.51 bits per heavy atom. The fourth-order valence-electron chi connectivity index (χ4n) is 4.42. The normalized spacial score (nSPS) is 15.4. The van der Waals surface area contributed by atoms with Crippen LogP contribution in [0, 0.1) is 17.8 Å². The zero-order chi connectivity index (χ0) is 24.7. The molecule has 1 fully saturated rings. The Bertz CT molecular complexity index is 829. The van der Waals surface area contributed by atoms with Gasteiger partial charge in [0.05, 0.1) is 24.7 Å². The second-order valence-corrected chi connectivity index (χ2v) is 12.0. The van der Waals surface area contributed by atoms with Crippen molar-refractivity contribution in [1.29, 1.82) is 0 Å². The van der Waals surface area contributed by atoms with Crippen molar-refractivity contribution in [3.05, 3.63) is 30.7 Å². The first kappa shape index (κ1) is 27.6. The molecule has 6 heteroatoms. The minimum absolute atomic E-state index is 0.639. The van der Waals surface area contributed by atoms with E-state index in [1.165, 1.54) is 76.7 Å². The summed E-state index contributed by atoms with van der Waals surface area (Å²) in [4.78, 5) is 13.5. The van der Waals surface area contributed by atoms with Crippen molar-refractivity contribution < 1.29 is 9.16 Å². The van der Waals surface area contributed by atoms with Crippen LogP contribution in [-0.4, -0.2) is 31.3 Å². The molecule has 0 radical (unpaired) electrons. The standard InChI is InChI=1S/C29H47N3O2Si/c1-4-5-10-23(2)12-13-24(3)22-35-34-29-21-30-20-27(32-29)26-16-17-28(31-19-26)33-18-9-7-6-8-11-25-14-15-25/h16-17,19-21,23-25H,4-15,18,22,35H2,1-3H3. The molecule has 0 spiro atoms. The molecule has 194 valence electrons. The molecular formula is C29H47N3O2Si. The van der Waals surface area contributed by atoms with E-state index in [4.69, 9.17) is 9.16 Å². The van der Waals surface area contributed by atoms with Gasteiger partial charge < -0.3 is 9.16 Å². The van der Waals surface area contributed by atoms with Crippen molar-refractivity contribution in [3.63, 3.8) is 0 Å². The van der Waals surface area contributed by atoms with E-state index in [-0.39, 0.29) is 0 Å². The molecular weight excluding hydrogens is 450 g/mol. The molecule has 1 aliphatic carbocycles. The first-order valence-electron chi connectivity index (χ1n) is 14.2. The largest absolute Gasteiger partial charge is 0.535 e. The van der Waals surface area contributed by atoms with Gasteiger partial charge in [0.15, 0.2) is 0 Å². The molecule has 1 saturated carbocycles. The summed E-state index contributed by atoms with van der Waals surface area (Å²) >= 11 is 0. The van der Waals surface area contributed by atoms with Gasteiger partial charge in [0.1, 0.15) is 0 Å². The second-order valence-electron chi connectivity index (χ2n) is 10.7. The van der Waals surface area contributed by atoms with E-state index in [9.17, 15) is 0 Å². The van der Waals surface area contributed by atoms with E-state index >= 15 is 0 Å². The van der Waals surface area contributed by atoms with Gasteiger partial charge in [-0.05, 0) is 36.3 Å². The molecule has 1 aliphatic rings. The third-order valence-corrected chi connectivity index (χ3v) is 8.88. The highest BCUT2D eigenvalue weighted by Gasteiger charge is 2.19. The predicted octanol–water partition coefficient (Wildman–Crippen LogP) is 7.40. The average Bonchev–Trinajstić information content (AvgIpc) is 3.71. The van der Waals surface area contributed by atoms with Crippen LogP contribution in [0.5, 0.6) is 11.8 Å². The second kappa shape index (κ2) is 15.9. The average molecular weight is 498 g/mol. The molecule has 2 unspecified atom stereocenters. The van der Waals surface area contributed by atoms with Gasteiger partial charge in [-0.2, -0.15) is 0 Å². The lowest BCUT2D eigenvalue weighted by Crippen LogP contribution is -2.09. The van der Waals surface area contributed by atoms with Gasteiger partial charge >= 0.3 is 0 Å². The summed E-state index contributed by atoms with van der Waals surface area (Å²) in [6, 6.07) is 5.11. The summed E-state index contributed by atoms with van der Waals surface area (Å²) in [6.45, 7) is 7.76. The third-order valence-electron chi connectivity index (χ3n) is 7.16. The first-order chi connectivity index (χ1) is 17.1. The van der Waals surface area contributed by atoms with Crippen LogP contribution in [0.4, 0.5) is 0 Å². The molecule has 0 aromatic carbocycles. The van der Waals surface area contributed by atoms with Crippen molar-refractivity contribution in [2.24, 2.45) is 17.8 Å². The molecule has 35 heavy (non-hydrogen) atoms. The topological polar surface area (TPSA) is 57.1 Å². The number of rotatable bonds is 19. The van der Waals surface area contributed by atoms with Crippen molar-refractivity contribution in [1.82, 2.24) is 15.0 Å². The summed E-state index contributed by atoms with van der Waals surface area (Å²) < 4.78 is 11.9. The van der Waals surface area contributed by atoms with Crippen molar-refractivity contribution >= 4 is 9.76 Å². The van der Waals surface area contributed by atoms with Crippen molar-refractivity contribution in [3.8, 4) is 23.0 Å². The smallest absolute Gasteiger partial charge is 0.221 e. The van der Waals surface area contributed by atoms with E-state index in [2.05, 4.69) is 35.7 Å². The van der Waals surface area contributed by atoms with E-state index in [0.717, 1.165) is 42.0 Å². The van der Waals surface area contributed by atoms with Gasteiger partial charge in [0, 0.05) is 17.8 Å². The zero-order valence-corrected chi connectivity index (χ0v) is 23.8. The number of aromatic nitrogens is 3. The van der Waals surface area contributed by atoms with Gasteiger partial charge in [-0.15, -0.1) is 0 Å². The quantitative estimate of drug-likeness (QED) is 0.149. The van der Waals surface area contributed by atoms with Crippen LogP contribution in [0.15, 0.2) is 30.7 Å². The molecule has 0 aliphatic heterocycles. The van der Waals surface area contributed by atoms with Gasteiger partial charge in [0.2, 0.25) is 21.5 Å². The Labute approximate surface area is 215 Å². The van der Waals surface area contributed by atoms with Crippen LogP contribution < -0.4 is 9.16 Å². The highest BCUT2D eigenvalue weighted by atomic mass is 28.2. The maximum atomic E-state index is 6.06. The molecule has 5 nitrogen and oxygen atoms in total. The molecule has 2 aromatic heterocycles. The Hall–Kier alpha value is -1.95. The van der Waals surface area contributed by atoms with E-state index in [1.807, 2.05) is 18.3 Å². The number of pyridine rings is 1. The van der Waals surface area contributed by atoms with E-state index < -0.39 is 9.76 Å². The number of hydrogen-bond acceptors (Lipinski definition) is 5. The molecule has 2 heterocycles. The van der Waals surface area contributed by atoms with E-state index in [0.29, 0.717) is 11.8 Å². The van der Waals surface area contributed by atoms with Gasteiger partial charge in [0.25, 0.3) is 0 Å². The van der Waals surface area contributed by atoms with E-state index in [1.54, 1.807) is 12.4 Å². The lowest BCUT2D eigenvalue weighted by atomic mass is 9.95. The van der Waals surface area contributed by atoms with Gasteiger partial charge in [-0.3, -0.25) is 4.98 Å². The summed E-state index contributed by atoms with van der Waals surface area (Å²) in [7, 11) is -0.655. The Balaban J connectivity index is 1.33. The predicted molar refractivity (Wildman–Crippen MR) is 148 cm³/mol. The van der Waals surface area contributed by atoms with Gasteiger partial charge in [-0.25, -0.2) is 9.97 Å².